The second-order valence-corrected chi connectivity index (χ2v) is 9.50. The molecule has 1 heterocycles. The van der Waals surface area contributed by atoms with Gasteiger partial charge in [-0.05, 0) is 77.6 Å². The molecule has 3 nitrogen and oxygen atoms in total. The Bertz CT molecular complexity index is 1360. The van der Waals surface area contributed by atoms with Crippen LogP contribution < -0.4 is 4.90 Å². The van der Waals surface area contributed by atoms with Gasteiger partial charge in [0.25, 0.3) is 0 Å². The number of aliphatic hydroxyl groups excluding tert-OH is 1. The fourth-order valence-electron chi connectivity index (χ4n) is 4.87. The van der Waals surface area contributed by atoms with E-state index in [0.29, 0.717) is 24.1 Å². The van der Waals surface area contributed by atoms with Crippen molar-refractivity contribution in [3.63, 3.8) is 0 Å². The Morgan fingerprint density at radius 1 is 0.833 bits per heavy atom. The van der Waals surface area contributed by atoms with Crippen LogP contribution in [0.3, 0.4) is 0 Å². The fraction of sp³-hybridized carbons (Fsp3) is 0.167. The van der Waals surface area contributed by atoms with Crippen molar-refractivity contribution < 1.29 is 18.7 Å². The summed E-state index contributed by atoms with van der Waals surface area (Å²) in [4.78, 5) is 15.7. The van der Waals surface area contributed by atoms with Gasteiger partial charge in [0.1, 0.15) is 11.6 Å². The van der Waals surface area contributed by atoms with Crippen LogP contribution in [0.1, 0.15) is 36.1 Å². The van der Waals surface area contributed by atoms with Crippen LogP contribution in [0.4, 0.5) is 14.5 Å². The molecule has 6 heteroatoms. The van der Waals surface area contributed by atoms with Crippen LogP contribution in [-0.4, -0.2) is 11.0 Å². The molecule has 0 saturated carbocycles. The molecule has 182 valence electrons. The summed E-state index contributed by atoms with van der Waals surface area (Å²) in [6, 6.07) is 27.3. The number of hydrogen-bond acceptors (Lipinski definition) is 3. The van der Waals surface area contributed by atoms with E-state index in [1.165, 1.54) is 24.3 Å². The molecule has 0 aromatic heterocycles. The van der Waals surface area contributed by atoms with Gasteiger partial charge in [0.2, 0.25) is 5.91 Å². The molecule has 1 amide bonds. The molecule has 1 aliphatic rings. The standard InChI is InChI=1S/C30H25F2NO2S/c31-22-9-6-20(7-10-22)27(34)17-16-26-29(33(30(26)35)24-13-11-23(32)12-14-24)25-15-8-21(18-28(25)36)19-4-2-1-3-5-19/h1-15,18,26-27,29,34,36H,16-17H2/t26-,27+,29-/m1/s1. The molecule has 4 aromatic carbocycles. The molecule has 0 bridgehead atoms. The Morgan fingerprint density at radius 3 is 2.11 bits per heavy atom. The summed E-state index contributed by atoms with van der Waals surface area (Å²) >= 11 is 4.78. The lowest BCUT2D eigenvalue weighted by Gasteiger charge is -2.48. The number of β-lactam (4-membered cyclic amide) rings is 1. The normalized spacial score (nSPS) is 18.1. The van der Waals surface area contributed by atoms with Gasteiger partial charge in [0.05, 0.1) is 18.1 Å². The van der Waals surface area contributed by atoms with E-state index in [1.807, 2.05) is 48.5 Å². The van der Waals surface area contributed by atoms with Crippen LogP contribution in [-0.2, 0) is 4.79 Å². The van der Waals surface area contributed by atoms with Gasteiger partial charge in [-0.2, -0.15) is 0 Å². The molecule has 0 aliphatic carbocycles. The Hall–Kier alpha value is -3.48. The van der Waals surface area contributed by atoms with Crippen molar-refractivity contribution >= 4 is 24.2 Å². The third-order valence-corrected chi connectivity index (χ3v) is 7.17. The number of carbonyl (C=O) groups excluding carboxylic acids is 1. The monoisotopic (exact) mass is 501 g/mol. The van der Waals surface area contributed by atoms with E-state index < -0.39 is 6.10 Å². The van der Waals surface area contributed by atoms with E-state index in [0.717, 1.165) is 21.6 Å². The number of rotatable bonds is 7. The highest BCUT2D eigenvalue weighted by atomic mass is 32.1. The molecule has 36 heavy (non-hydrogen) atoms. The summed E-state index contributed by atoms with van der Waals surface area (Å²) in [5, 5.41) is 10.6. The lowest BCUT2D eigenvalue weighted by atomic mass is 9.78. The number of halogens is 2. The number of anilines is 1. The summed E-state index contributed by atoms with van der Waals surface area (Å²) in [5.74, 6) is -1.20. The van der Waals surface area contributed by atoms with Crippen LogP contribution in [0.25, 0.3) is 11.1 Å². The molecule has 5 rings (SSSR count). The van der Waals surface area contributed by atoms with Crippen molar-refractivity contribution in [3.8, 4) is 11.1 Å². The summed E-state index contributed by atoms with van der Waals surface area (Å²) in [5.41, 5.74) is 4.20. The van der Waals surface area contributed by atoms with Crippen molar-refractivity contribution in [3.05, 3.63) is 120 Å². The summed E-state index contributed by atoms with van der Waals surface area (Å²) in [6.07, 6.45) is -0.0254. The van der Waals surface area contributed by atoms with Gasteiger partial charge in [0.15, 0.2) is 0 Å². The molecule has 1 aliphatic heterocycles. The lowest BCUT2D eigenvalue weighted by molar-refractivity contribution is -0.131. The molecule has 1 N–H and O–H groups in total. The Morgan fingerprint density at radius 2 is 1.47 bits per heavy atom. The Labute approximate surface area is 214 Å². The first-order chi connectivity index (χ1) is 17.4. The third-order valence-electron chi connectivity index (χ3n) is 6.78. The zero-order chi connectivity index (χ0) is 25.2. The van der Waals surface area contributed by atoms with Gasteiger partial charge in [-0.15, -0.1) is 12.6 Å². The maximum atomic E-state index is 13.6. The van der Waals surface area contributed by atoms with Gasteiger partial charge >= 0.3 is 0 Å². The molecule has 0 unspecified atom stereocenters. The van der Waals surface area contributed by atoms with Gasteiger partial charge in [-0.3, -0.25) is 4.79 Å². The van der Waals surface area contributed by atoms with Crippen molar-refractivity contribution in [2.75, 3.05) is 4.90 Å². The second kappa shape index (κ2) is 10.2. The number of hydrogen-bond donors (Lipinski definition) is 2. The van der Waals surface area contributed by atoms with Crippen molar-refractivity contribution in [1.29, 1.82) is 0 Å². The smallest absolute Gasteiger partial charge is 0.233 e. The lowest BCUT2D eigenvalue weighted by Crippen LogP contribution is -2.55. The SMILES string of the molecule is O=C1[C@H](CC[C@H](O)c2ccc(F)cc2)[C@@H](c2ccc(-c3ccccc3)cc2S)N1c1ccc(F)cc1. The van der Waals surface area contributed by atoms with Gasteiger partial charge < -0.3 is 10.0 Å². The van der Waals surface area contributed by atoms with E-state index in [2.05, 4.69) is 0 Å². The van der Waals surface area contributed by atoms with E-state index in [9.17, 15) is 18.7 Å². The summed E-state index contributed by atoms with van der Waals surface area (Å²) in [6.45, 7) is 0. The number of nitrogens with zero attached hydrogens (tertiary/aromatic N) is 1. The summed E-state index contributed by atoms with van der Waals surface area (Å²) < 4.78 is 26.8. The quantitative estimate of drug-likeness (QED) is 0.209. The third kappa shape index (κ3) is 4.79. The van der Waals surface area contributed by atoms with Crippen LogP contribution in [0, 0.1) is 17.6 Å². The topological polar surface area (TPSA) is 40.5 Å². The zero-order valence-electron chi connectivity index (χ0n) is 19.4. The molecule has 4 aromatic rings. The molecule has 0 spiro atoms. The first-order valence-electron chi connectivity index (χ1n) is 11.8. The number of thiol groups is 1. The number of benzene rings is 4. The highest BCUT2D eigenvalue weighted by Crippen LogP contribution is 2.48. The van der Waals surface area contributed by atoms with E-state index in [4.69, 9.17) is 12.6 Å². The number of carbonyl (C=O) groups is 1. The van der Waals surface area contributed by atoms with Crippen molar-refractivity contribution in [2.24, 2.45) is 5.92 Å². The number of amides is 1. The number of aliphatic hydroxyl groups is 1. The van der Waals surface area contributed by atoms with Crippen molar-refractivity contribution in [1.82, 2.24) is 0 Å². The predicted molar refractivity (Wildman–Crippen MR) is 140 cm³/mol. The highest BCUT2D eigenvalue weighted by molar-refractivity contribution is 7.80. The fourth-order valence-corrected chi connectivity index (χ4v) is 5.21. The highest BCUT2D eigenvalue weighted by Gasteiger charge is 2.49. The van der Waals surface area contributed by atoms with Crippen LogP contribution in [0.2, 0.25) is 0 Å². The maximum absolute atomic E-state index is 13.6. The first kappa shape index (κ1) is 24.2. The Kier molecular flexibility index (Phi) is 6.90. The average molecular weight is 502 g/mol. The molecular formula is C30H25F2NO2S. The van der Waals surface area contributed by atoms with Crippen molar-refractivity contribution in [2.45, 2.75) is 29.9 Å². The maximum Gasteiger partial charge on any atom is 0.233 e. The molecule has 3 atom stereocenters. The van der Waals surface area contributed by atoms with Gasteiger partial charge in [-0.25, -0.2) is 8.78 Å². The zero-order valence-corrected chi connectivity index (χ0v) is 20.3. The first-order valence-corrected chi connectivity index (χ1v) is 12.3. The predicted octanol–water partition coefficient (Wildman–Crippen LogP) is 7.14. The van der Waals surface area contributed by atoms with Crippen LogP contribution in [0.15, 0.2) is 102 Å². The largest absolute Gasteiger partial charge is 0.388 e. The van der Waals surface area contributed by atoms with Gasteiger partial charge in [-0.1, -0.05) is 54.6 Å². The molecular weight excluding hydrogens is 476 g/mol. The molecule has 1 fully saturated rings. The van der Waals surface area contributed by atoms with Crippen LogP contribution in [0.5, 0.6) is 0 Å². The molecule has 1 saturated heterocycles. The molecule has 0 radical (unpaired) electrons. The van der Waals surface area contributed by atoms with Crippen LogP contribution >= 0.6 is 12.6 Å². The summed E-state index contributed by atoms with van der Waals surface area (Å²) in [7, 11) is 0. The second-order valence-electron chi connectivity index (χ2n) is 9.02. The van der Waals surface area contributed by atoms with Gasteiger partial charge in [0, 0.05) is 10.6 Å². The van der Waals surface area contributed by atoms with E-state index in [1.54, 1.807) is 29.2 Å². The minimum absolute atomic E-state index is 0.0854. The minimum atomic E-state index is -0.810. The minimum Gasteiger partial charge on any atom is -0.388 e. The Balaban J connectivity index is 1.43. The average Bonchev–Trinajstić information content (AvgIpc) is 2.89. The van der Waals surface area contributed by atoms with E-state index >= 15 is 0 Å². The van der Waals surface area contributed by atoms with E-state index in [-0.39, 0.29) is 29.5 Å².